The summed E-state index contributed by atoms with van der Waals surface area (Å²) >= 11 is 5.97. The van der Waals surface area contributed by atoms with Crippen molar-refractivity contribution < 1.29 is 41.0 Å². The summed E-state index contributed by atoms with van der Waals surface area (Å²) in [5.74, 6) is -1.08. The normalized spacial score (nSPS) is 12.5. The van der Waals surface area contributed by atoms with Gasteiger partial charge in [0.25, 0.3) is 5.91 Å². The molecule has 210 valence electrons. The van der Waals surface area contributed by atoms with E-state index in [4.69, 9.17) is 21.1 Å². The molecule has 2 N–H and O–H groups in total. The van der Waals surface area contributed by atoms with Crippen molar-refractivity contribution >= 4 is 33.6 Å². The highest BCUT2D eigenvalue weighted by molar-refractivity contribution is 7.90. The zero-order chi connectivity index (χ0) is 28.6. The average Bonchev–Trinajstić information content (AvgIpc) is 2.78. The zero-order valence-corrected chi connectivity index (χ0v) is 22.7. The smallest absolute Gasteiger partial charge is 0.417 e. The first kappa shape index (κ1) is 31.4. The number of aromatic nitrogens is 1. The van der Waals surface area contributed by atoms with Gasteiger partial charge < -0.3 is 14.6 Å². The summed E-state index contributed by atoms with van der Waals surface area (Å²) in [6.45, 7) is 5.30. The highest BCUT2D eigenvalue weighted by atomic mass is 35.5. The second-order valence-electron chi connectivity index (χ2n) is 9.05. The highest BCUT2D eigenvalue weighted by Crippen LogP contribution is 2.36. The molecule has 2 aromatic rings. The molecule has 0 spiro atoms. The Kier molecular flexibility index (Phi) is 11.0. The maximum absolute atomic E-state index is 13.0. The van der Waals surface area contributed by atoms with Crippen LogP contribution in [0.5, 0.6) is 17.4 Å². The first-order chi connectivity index (χ1) is 17.6. The first-order valence-electron chi connectivity index (χ1n) is 11.7. The molecule has 0 aliphatic heterocycles. The van der Waals surface area contributed by atoms with E-state index in [9.17, 15) is 31.5 Å². The van der Waals surface area contributed by atoms with Gasteiger partial charge >= 0.3 is 6.18 Å². The number of pyridine rings is 1. The Labute approximate surface area is 224 Å². The summed E-state index contributed by atoms with van der Waals surface area (Å²) < 4.78 is 76.2. The van der Waals surface area contributed by atoms with E-state index in [0.29, 0.717) is 37.3 Å². The number of alkyl halides is 3. The predicted molar refractivity (Wildman–Crippen MR) is 138 cm³/mol. The molecule has 38 heavy (non-hydrogen) atoms. The Morgan fingerprint density at radius 3 is 2.53 bits per heavy atom. The molecule has 1 aromatic carbocycles. The van der Waals surface area contributed by atoms with Gasteiger partial charge in [0.15, 0.2) is 0 Å². The Hall–Kier alpha value is -2.83. The molecule has 1 heterocycles. The molecule has 0 unspecified atom stereocenters. The summed E-state index contributed by atoms with van der Waals surface area (Å²) in [7, 11) is -3.81. The van der Waals surface area contributed by atoms with Gasteiger partial charge in [-0.1, -0.05) is 31.4 Å². The van der Waals surface area contributed by atoms with Crippen molar-refractivity contribution in [2.24, 2.45) is 0 Å². The van der Waals surface area contributed by atoms with E-state index in [2.05, 4.69) is 4.98 Å². The monoisotopic (exact) mass is 578 g/mol. The topological polar surface area (TPSA) is 115 Å². The maximum Gasteiger partial charge on any atom is 0.417 e. The van der Waals surface area contributed by atoms with Gasteiger partial charge in [0.2, 0.25) is 15.9 Å². The van der Waals surface area contributed by atoms with Crippen molar-refractivity contribution in [1.29, 1.82) is 0 Å². The quantitative estimate of drug-likeness (QED) is 0.230. The van der Waals surface area contributed by atoms with Crippen LogP contribution in [-0.2, 0) is 21.0 Å². The van der Waals surface area contributed by atoms with Crippen LogP contribution in [0, 0.1) is 0 Å². The molecular weight excluding hydrogens is 549 g/mol. The lowest BCUT2D eigenvalue weighted by Gasteiger charge is -2.17. The average molecular weight is 579 g/mol. The molecule has 0 radical (unpaired) electrons. The van der Waals surface area contributed by atoms with E-state index in [0.717, 1.165) is 12.5 Å². The van der Waals surface area contributed by atoms with Crippen LogP contribution >= 0.6 is 11.6 Å². The largest absolute Gasteiger partial charge is 0.493 e. The van der Waals surface area contributed by atoms with Gasteiger partial charge in [-0.25, -0.2) is 18.1 Å². The third-order valence-electron chi connectivity index (χ3n) is 5.00. The Bertz CT molecular complexity index is 1240. The number of sulfonamides is 1. The van der Waals surface area contributed by atoms with Gasteiger partial charge in [0, 0.05) is 30.3 Å². The summed E-state index contributed by atoms with van der Waals surface area (Å²) in [6, 6.07) is 5.10. The lowest BCUT2D eigenvalue weighted by molar-refractivity contribution is -0.137. The number of rotatable bonds is 13. The van der Waals surface area contributed by atoms with Crippen LogP contribution < -0.4 is 14.2 Å². The van der Waals surface area contributed by atoms with Crippen LogP contribution in [0.3, 0.4) is 0 Å². The minimum atomic E-state index is -4.65. The second kappa shape index (κ2) is 13.3. The van der Waals surface area contributed by atoms with Gasteiger partial charge in [-0.2, -0.15) is 13.2 Å². The van der Waals surface area contributed by atoms with Crippen molar-refractivity contribution in [3.8, 4) is 17.4 Å². The lowest BCUT2D eigenvalue weighted by atomic mass is 10.1. The number of carbonyl (C=O) groups excluding carboxylic acids is 1. The molecule has 0 aliphatic carbocycles. The number of nitrogens with zero attached hydrogens (tertiary/aromatic N) is 1. The second-order valence-corrected chi connectivity index (χ2v) is 11.3. The Balaban J connectivity index is 2.30. The fourth-order valence-electron chi connectivity index (χ4n) is 2.95. The standard InChI is InChI=1S/C25H30ClF3N2O6S/c1-4-5-6-13-38(34,35)31-22(32)10-8-17-7-9-19(36-12-11-24(2,3)33)15-21(17)37-23-20(26)14-18(16-30-23)25(27,28)29/h7-10,14-16,33H,4-6,11-13H2,1-3H3,(H,31,32)/b10-8+. The Morgan fingerprint density at radius 1 is 1.21 bits per heavy atom. The van der Waals surface area contributed by atoms with Crippen molar-refractivity contribution in [3.05, 3.63) is 52.7 Å². The molecule has 1 amide bonds. The number of amides is 1. The first-order valence-corrected chi connectivity index (χ1v) is 13.7. The van der Waals surface area contributed by atoms with Gasteiger partial charge in [0.1, 0.15) is 16.5 Å². The number of nitrogens with one attached hydrogen (secondary N) is 1. The summed E-state index contributed by atoms with van der Waals surface area (Å²) in [5.41, 5.74) is -1.77. The maximum atomic E-state index is 13.0. The fraction of sp³-hybridized carbons (Fsp3) is 0.440. The van der Waals surface area contributed by atoms with Gasteiger partial charge in [0.05, 0.1) is 23.5 Å². The van der Waals surface area contributed by atoms with E-state index >= 15 is 0 Å². The fourth-order valence-corrected chi connectivity index (χ4v) is 4.22. The Morgan fingerprint density at radius 2 is 1.92 bits per heavy atom. The summed E-state index contributed by atoms with van der Waals surface area (Å²) in [5, 5.41) is 9.46. The molecule has 0 bridgehead atoms. The summed E-state index contributed by atoms with van der Waals surface area (Å²) in [6.07, 6.45) is 0.415. The number of hydrogen-bond acceptors (Lipinski definition) is 7. The minimum absolute atomic E-state index is 0.0229. The van der Waals surface area contributed by atoms with Crippen molar-refractivity contribution in [3.63, 3.8) is 0 Å². The van der Waals surface area contributed by atoms with E-state index in [1.165, 1.54) is 24.3 Å². The van der Waals surface area contributed by atoms with Gasteiger partial charge in [-0.3, -0.25) is 4.79 Å². The van der Waals surface area contributed by atoms with Crippen LogP contribution in [0.15, 0.2) is 36.5 Å². The van der Waals surface area contributed by atoms with Gasteiger partial charge in [-0.05, 0) is 44.5 Å². The van der Waals surface area contributed by atoms with Crippen molar-refractivity contribution in [2.45, 2.75) is 58.2 Å². The molecule has 2 rings (SSSR count). The molecule has 0 fully saturated rings. The molecule has 13 heteroatoms. The number of hydrogen-bond donors (Lipinski definition) is 2. The number of benzene rings is 1. The van der Waals surface area contributed by atoms with E-state index in [-0.39, 0.29) is 29.6 Å². The highest BCUT2D eigenvalue weighted by Gasteiger charge is 2.32. The number of ether oxygens (including phenoxy) is 2. The SMILES string of the molecule is CCCCCS(=O)(=O)NC(=O)/C=C/c1ccc(OCCC(C)(C)O)cc1Oc1ncc(C(F)(F)F)cc1Cl. The number of halogens is 4. The van der Waals surface area contributed by atoms with Crippen molar-refractivity contribution in [2.75, 3.05) is 12.4 Å². The van der Waals surface area contributed by atoms with Gasteiger partial charge in [-0.15, -0.1) is 0 Å². The third kappa shape index (κ3) is 10.9. The molecule has 0 saturated heterocycles. The number of unbranched alkanes of at least 4 members (excludes halogenated alkanes) is 2. The van der Waals surface area contributed by atoms with Crippen LogP contribution in [0.4, 0.5) is 13.2 Å². The van der Waals surface area contributed by atoms with Crippen LogP contribution in [0.2, 0.25) is 5.02 Å². The van der Waals surface area contributed by atoms with E-state index in [1.807, 2.05) is 11.6 Å². The van der Waals surface area contributed by atoms with E-state index < -0.39 is 38.3 Å². The molecule has 0 saturated carbocycles. The molecule has 1 aromatic heterocycles. The zero-order valence-electron chi connectivity index (χ0n) is 21.1. The molecule has 0 atom stereocenters. The molecule has 0 aliphatic rings. The van der Waals surface area contributed by atoms with Crippen LogP contribution in [0.1, 0.15) is 57.6 Å². The summed E-state index contributed by atoms with van der Waals surface area (Å²) in [4.78, 5) is 15.9. The van der Waals surface area contributed by atoms with E-state index in [1.54, 1.807) is 13.8 Å². The predicted octanol–water partition coefficient (Wildman–Crippen LogP) is 5.74. The van der Waals surface area contributed by atoms with Crippen LogP contribution in [0.25, 0.3) is 6.08 Å². The number of aliphatic hydroxyl groups is 1. The molecule has 8 nitrogen and oxygen atoms in total. The molecular formula is C25H30ClF3N2O6S. The van der Waals surface area contributed by atoms with Crippen molar-refractivity contribution in [1.82, 2.24) is 9.71 Å². The minimum Gasteiger partial charge on any atom is -0.493 e. The lowest BCUT2D eigenvalue weighted by Crippen LogP contribution is -2.31. The number of carbonyl (C=O) groups is 1. The third-order valence-corrected chi connectivity index (χ3v) is 6.61. The van der Waals surface area contributed by atoms with Crippen LogP contribution in [-0.4, -0.2) is 42.4 Å².